The Labute approximate surface area is 346 Å². The first-order valence-electron chi connectivity index (χ1n) is 20.2. The third-order valence-electron chi connectivity index (χ3n) is 11.9. The molecule has 0 radical (unpaired) electrons. The highest BCUT2D eigenvalue weighted by molar-refractivity contribution is 7.99. The van der Waals surface area contributed by atoms with E-state index in [4.69, 9.17) is 9.97 Å². The van der Waals surface area contributed by atoms with E-state index >= 15 is 0 Å². The molecule has 8 aromatic carbocycles. The summed E-state index contributed by atoms with van der Waals surface area (Å²) in [6.07, 6.45) is 9.82. The monoisotopic (exact) mass is 772 g/mol. The van der Waals surface area contributed by atoms with Gasteiger partial charge in [0.05, 0.1) is 33.6 Å². The highest BCUT2D eigenvalue weighted by atomic mass is 32.2. The first kappa shape index (κ1) is 33.9. The molecule has 0 N–H and O–H groups in total. The minimum atomic E-state index is 0.393. The Hall–Kier alpha value is -7.21. The SMILES string of the molecule is C1=CCC(c2ccc(-c3nc(-n4c5ccc(-c6ccc7c(c6)Sc6ccccc6N7c6ccccc6)cc5c5c6ccccc6ccc54)nc4ccccc34)cc2)C=C1. The van der Waals surface area contributed by atoms with Crippen molar-refractivity contribution in [3.63, 3.8) is 0 Å². The van der Waals surface area contributed by atoms with E-state index in [0.29, 0.717) is 11.9 Å². The highest BCUT2D eigenvalue weighted by Gasteiger charge is 2.26. The number of nitrogens with zero attached hydrogens (tertiary/aromatic N) is 4. The third kappa shape index (κ3) is 5.61. The van der Waals surface area contributed by atoms with E-state index in [9.17, 15) is 0 Å². The summed E-state index contributed by atoms with van der Waals surface area (Å²) in [4.78, 5) is 15.6. The first-order valence-corrected chi connectivity index (χ1v) is 21.0. The number of hydrogen-bond acceptors (Lipinski definition) is 4. The Morgan fingerprint density at radius 1 is 0.525 bits per heavy atom. The van der Waals surface area contributed by atoms with Crippen LogP contribution in [0, 0.1) is 0 Å². The van der Waals surface area contributed by atoms with Gasteiger partial charge in [-0.2, -0.15) is 0 Å². The Bertz CT molecular complexity index is 3340. The number of rotatable bonds is 5. The number of anilines is 3. The predicted octanol–water partition coefficient (Wildman–Crippen LogP) is 14.7. The smallest absolute Gasteiger partial charge is 0.235 e. The molecule has 3 heterocycles. The van der Waals surface area contributed by atoms with Crippen molar-refractivity contribution in [2.75, 3.05) is 4.90 Å². The van der Waals surface area contributed by atoms with Crippen LogP contribution in [0.2, 0.25) is 0 Å². The predicted molar refractivity (Wildman–Crippen MR) is 247 cm³/mol. The van der Waals surface area contributed by atoms with Gasteiger partial charge in [0.1, 0.15) is 0 Å². The zero-order valence-corrected chi connectivity index (χ0v) is 32.9. The van der Waals surface area contributed by atoms with Crippen LogP contribution in [-0.2, 0) is 0 Å². The fourth-order valence-electron chi connectivity index (χ4n) is 9.08. The summed E-state index contributed by atoms with van der Waals surface area (Å²) in [6, 6.07) is 63.6. The van der Waals surface area contributed by atoms with E-state index in [1.165, 1.54) is 59.4 Å². The van der Waals surface area contributed by atoms with E-state index in [2.05, 4.69) is 210 Å². The normalized spacial score (nSPS) is 14.6. The summed E-state index contributed by atoms with van der Waals surface area (Å²) in [6.45, 7) is 0. The first-order chi connectivity index (χ1) is 29.2. The van der Waals surface area contributed by atoms with Gasteiger partial charge >= 0.3 is 0 Å². The van der Waals surface area contributed by atoms with Crippen LogP contribution in [0.5, 0.6) is 0 Å². The lowest BCUT2D eigenvalue weighted by Gasteiger charge is -2.33. The topological polar surface area (TPSA) is 34.0 Å². The van der Waals surface area contributed by atoms with Gasteiger partial charge in [0.25, 0.3) is 0 Å². The highest BCUT2D eigenvalue weighted by Crippen LogP contribution is 2.52. The van der Waals surface area contributed by atoms with Crippen LogP contribution in [0.25, 0.3) is 71.8 Å². The Morgan fingerprint density at radius 3 is 2.14 bits per heavy atom. The lowest BCUT2D eigenvalue weighted by Crippen LogP contribution is -2.14. The Balaban J connectivity index is 1.03. The zero-order valence-electron chi connectivity index (χ0n) is 32.0. The quantitative estimate of drug-likeness (QED) is 0.174. The molecule has 10 aromatic rings. The Kier molecular flexibility index (Phi) is 7.88. The molecule has 2 aromatic heterocycles. The fraction of sp³-hybridized carbons (Fsp3) is 0.0370. The van der Waals surface area contributed by atoms with Crippen molar-refractivity contribution in [3.8, 4) is 28.3 Å². The summed E-state index contributed by atoms with van der Waals surface area (Å²) in [5, 5.41) is 5.83. The molecule has 59 heavy (non-hydrogen) atoms. The van der Waals surface area contributed by atoms with Crippen LogP contribution in [-0.4, -0.2) is 14.5 Å². The largest absolute Gasteiger partial charge is 0.308 e. The van der Waals surface area contributed by atoms with Crippen molar-refractivity contribution in [1.29, 1.82) is 0 Å². The summed E-state index contributed by atoms with van der Waals surface area (Å²) in [5.41, 5.74) is 12.3. The Morgan fingerprint density at radius 2 is 1.25 bits per heavy atom. The van der Waals surface area contributed by atoms with Crippen molar-refractivity contribution in [3.05, 3.63) is 206 Å². The number of benzene rings is 8. The standard InChI is InChI=1S/C54H36N4S/c1-3-13-35(14-4-1)36-23-25-38(26-24-36)53-43-19-9-10-20-45(43)55-54(56-53)58-46-30-28-39(33-44(46)52-42-18-8-7-15-37(42)27-32-49(52)58)40-29-31-48-51(34-40)59-50-22-12-11-21-47(50)57(48)41-16-5-2-6-17-41/h1-13,15-35H,14H2. The zero-order chi connectivity index (χ0) is 38.9. The average molecular weight is 773 g/mol. The molecule has 1 aliphatic carbocycles. The molecule has 1 aliphatic heterocycles. The van der Waals surface area contributed by atoms with Gasteiger partial charge in [0.15, 0.2) is 0 Å². The van der Waals surface area contributed by atoms with Crippen LogP contribution in [0.1, 0.15) is 17.9 Å². The molecule has 0 spiro atoms. The van der Waals surface area contributed by atoms with Crippen LogP contribution < -0.4 is 4.90 Å². The summed E-state index contributed by atoms with van der Waals surface area (Å²) in [5.74, 6) is 1.06. The van der Waals surface area contributed by atoms with Crippen molar-refractivity contribution in [2.45, 2.75) is 22.1 Å². The molecule has 2 aliphatic rings. The molecule has 1 unspecified atom stereocenters. The molecule has 12 rings (SSSR count). The number of fused-ring (bicyclic) bond motifs is 8. The average Bonchev–Trinajstić information content (AvgIpc) is 3.65. The molecule has 0 fully saturated rings. The van der Waals surface area contributed by atoms with Gasteiger partial charge < -0.3 is 4.90 Å². The molecule has 4 nitrogen and oxygen atoms in total. The van der Waals surface area contributed by atoms with Crippen LogP contribution in [0.4, 0.5) is 17.1 Å². The number of aromatic nitrogens is 3. The molecule has 0 amide bonds. The lowest BCUT2D eigenvalue weighted by molar-refractivity contribution is 0.854. The maximum atomic E-state index is 5.43. The summed E-state index contributed by atoms with van der Waals surface area (Å²) in [7, 11) is 0. The van der Waals surface area contributed by atoms with E-state index < -0.39 is 0 Å². The number of hydrogen-bond donors (Lipinski definition) is 0. The summed E-state index contributed by atoms with van der Waals surface area (Å²) >= 11 is 1.84. The molecule has 278 valence electrons. The molecule has 1 atom stereocenters. The maximum absolute atomic E-state index is 5.43. The molecule has 5 heteroatoms. The van der Waals surface area contributed by atoms with E-state index in [-0.39, 0.29) is 0 Å². The van der Waals surface area contributed by atoms with Gasteiger partial charge in [-0.25, -0.2) is 9.97 Å². The van der Waals surface area contributed by atoms with Gasteiger partial charge in [-0.3, -0.25) is 4.57 Å². The van der Waals surface area contributed by atoms with Gasteiger partial charge in [-0.1, -0.05) is 151 Å². The lowest BCUT2D eigenvalue weighted by atomic mass is 9.91. The van der Waals surface area contributed by atoms with Crippen LogP contribution in [0.3, 0.4) is 0 Å². The van der Waals surface area contributed by atoms with E-state index in [0.717, 1.165) is 45.3 Å². The van der Waals surface area contributed by atoms with Gasteiger partial charge in [-0.05, 0) is 94.5 Å². The summed E-state index contributed by atoms with van der Waals surface area (Å²) < 4.78 is 2.27. The minimum Gasteiger partial charge on any atom is -0.308 e. The van der Waals surface area contributed by atoms with Crippen molar-refractivity contribution >= 4 is 72.3 Å². The third-order valence-corrected chi connectivity index (χ3v) is 13.0. The van der Waals surface area contributed by atoms with Crippen LogP contribution >= 0.6 is 11.8 Å². The second-order valence-corrected chi connectivity index (χ2v) is 16.4. The van der Waals surface area contributed by atoms with E-state index in [1.54, 1.807) is 0 Å². The van der Waals surface area contributed by atoms with Gasteiger partial charge in [-0.15, -0.1) is 0 Å². The molecule has 0 bridgehead atoms. The van der Waals surface area contributed by atoms with Crippen molar-refractivity contribution in [1.82, 2.24) is 14.5 Å². The molecule has 0 saturated heterocycles. The number of allylic oxidation sites excluding steroid dienone is 4. The second-order valence-electron chi connectivity index (χ2n) is 15.3. The molecular weight excluding hydrogens is 737 g/mol. The van der Waals surface area contributed by atoms with Crippen LogP contribution in [0.15, 0.2) is 210 Å². The van der Waals surface area contributed by atoms with Gasteiger partial charge in [0, 0.05) is 43.1 Å². The molecule has 0 saturated carbocycles. The second kappa shape index (κ2) is 13.7. The van der Waals surface area contributed by atoms with E-state index in [1.807, 2.05) is 11.8 Å². The fourth-order valence-corrected chi connectivity index (χ4v) is 10.2. The van der Waals surface area contributed by atoms with Crippen molar-refractivity contribution in [2.24, 2.45) is 0 Å². The van der Waals surface area contributed by atoms with Crippen molar-refractivity contribution < 1.29 is 0 Å². The number of para-hydroxylation sites is 3. The maximum Gasteiger partial charge on any atom is 0.235 e. The minimum absolute atomic E-state index is 0.393. The molecular formula is C54H36N4S. The van der Waals surface area contributed by atoms with Gasteiger partial charge in [0.2, 0.25) is 5.95 Å².